The van der Waals surface area contributed by atoms with Gasteiger partial charge in [-0.3, -0.25) is 5.84 Å². The second kappa shape index (κ2) is 6.26. The summed E-state index contributed by atoms with van der Waals surface area (Å²) < 4.78 is 5.35. The Morgan fingerprint density at radius 3 is 2.47 bits per heavy atom. The molecular formula is C14H14Cl2N2O. The van der Waals surface area contributed by atoms with Gasteiger partial charge in [0.05, 0.1) is 13.2 Å². The lowest BCUT2D eigenvalue weighted by molar-refractivity contribution is 0.404. The van der Waals surface area contributed by atoms with E-state index in [2.05, 4.69) is 5.43 Å². The number of benzene rings is 2. The van der Waals surface area contributed by atoms with Crippen molar-refractivity contribution >= 4 is 23.2 Å². The van der Waals surface area contributed by atoms with E-state index < -0.39 is 0 Å². The van der Waals surface area contributed by atoms with Gasteiger partial charge in [0, 0.05) is 15.6 Å². The summed E-state index contributed by atoms with van der Waals surface area (Å²) in [5, 5.41) is 1.27. The van der Waals surface area contributed by atoms with E-state index >= 15 is 0 Å². The van der Waals surface area contributed by atoms with E-state index in [4.69, 9.17) is 33.8 Å². The zero-order valence-corrected chi connectivity index (χ0v) is 11.9. The maximum absolute atomic E-state index is 6.01. The Bertz CT molecular complexity index is 575. The molecule has 0 heterocycles. The smallest absolute Gasteiger partial charge is 0.125 e. The molecule has 0 saturated carbocycles. The van der Waals surface area contributed by atoms with Crippen LogP contribution in [0.25, 0.3) is 0 Å². The molecule has 0 aliphatic heterocycles. The lowest BCUT2D eigenvalue weighted by atomic mass is 9.98. The second-order valence-electron chi connectivity index (χ2n) is 4.04. The number of hydrazine groups is 1. The van der Waals surface area contributed by atoms with Gasteiger partial charge in [-0.1, -0.05) is 41.4 Å². The van der Waals surface area contributed by atoms with Gasteiger partial charge in [0.1, 0.15) is 5.75 Å². The van der Waals surface area contributed by atoms with Gasteiger partial charge in [-0.05, 0) is 29.8 Å². The average molecular weight is 297 g/mol. The minimum absolute atomic E-state index is 0.217. The molecule has 1 unspecified atom stereocenters. The number of hydrogen-bond donors (Lipinski definition) is 2. The topological polar surface area (TPSA) is 47.3 Å². The molecule has 0 aliphatic rings. The molecule has 1 atom stereocenters. The van der Waals surface area contributed by atoms with Crippen LogP contribution in [0.3, 0.4) is 0 Å². The minimum atomic E-state index is -0.217. The fourth-order valence-electron chi connectivity index (χ4n) is 1.98. The SMILES string of the molecule is COc1cc(Cl)ccc1C(NN)c1cccc(Cl)c1. The standard InChI is InChI=1S/C14H14Cl2N2O/c1-19-13-8-11(16)5-6-12(13)14(18-17)9-3-2-4-10(15)7-9/h2-8,14,18H,17H2,1H3. The van der Waals surface area contributed by atoms with Crippen molar-refractivity contribution < 1.29 is 4.74 Å². The Morgan fingerprint density at radius 2 is 1.84 bits per heavy atom. The maximum atomic E-state index is 6.01. The predicted octanol–water partition coefficient (Wildman–Crippen LogP) is 3.55. The average Bonchev–Trinajstić information content (AvgIpc) is 2.41. The zero-order valence-electron chi connectivity index (χ0n) is 10.4. The molecule has 19 heavy (non-hydrogen) atoms. The monoisotopic (exact) mass is 296 g/mol. The van der Waals surface area contributed by atoms with Crippen molar-refractivity contribution in [2.24, 2.45) is 5.84 Å². The van der Waals surface area contributed by atoms with E-state index in [0.717, 1.165) is 11.1 Å². The normalized spacial score (nSPS) is 12.2. The highest BCUT2D eigenvalue weighted by Gasteiger charge is 2.17. The summed E-state index contributed by atoms with van der Waals surface area (Å²) in [6, 6.07) is 12.7. The number of nitrogens with two attached hydrogens (primary N) is 1. The van der Waals surface area contributed by atoms with E-state index in [1.807, 2.05) is 30.3 Å². The van der Waals surface area contributed by atoms with Gasteiger partial charge in [-0.15, -0.1) is 0 Å². The molecular weight excluding hydrogens is 283 g/mol. The molecule has 100 valence electrons. The van der Waals surface area contributed by atoms with Crippen molar-refractivity contribution in [2.45, 2.75) is 6.04 Å². The molecule has 2 aromatic carbocycles. The Hall–Kier alpha value is -1.26. The fraction of sp³-hybridized carbons (Fsp3) is 0.143. The van der Waals surface area contributed by atoms with Crippen LogP contribution in [0.1, 0.15) is 17.2 Å². The quantitative estimate of drug-likeness (QED) is 0.670. The van der Waals surface area contributed by atoms with Crippen molar-refractivity contribution in [1.82, 2.24) is 5.43 Å². The largest absolute Gasteiger partial charge is 0.496 e. The van der Waals surface area contributed by atoms with Crippen molar-refractivity contribution in [3.8, 4) is 5.75 Å². The highest BCUT2D eigenvalue weighted by molar-refractivity contribution is 6.31. The van der Waals surface area contributed by atoms with Crippen LogP contribution in [0, 0.1) is 0 Å². The first-order chi connectivity index (χ1) is 9.15. The highest BCUT2D eigenvalue weighted by Crippen LogP contribution is 2.32. The van der Waals surface area contributed by atoms with E-state index in [1.54, 1.807) is 19.2 Å². The molecule has 2 rings (SSSR count). The minimum Gasteiger partial charge on any atom is -0.496 e. The molecule has 3 N–H and O–H groups in total. The summed E-state index contributed by atoms with van der Waals surface area (Å²) >= 11 is 12.0. The zero-order chi connectivity index (χ0) is 13.8. The van der Waals surface area contributed by atoms with E-state index in [9.17, 15) is 0 Å². The van der Waals surface area contributed by atoms with Crippen molar-refractivity contribution in [3.05, 3.63) is 63.6 Å². The Kier molecular flexibility index (Phi) is 4.66. The molecule has 2 aromatic rings. The molecule has 0 saturated heterocycles. The molecule has 0 radical (unpaired) electrons. The molecule has 3 nitrogen and oxygen atoms in total. The first kappa shape index (κ1) is 14.2. The van der Waals surface area contributed by atoms with Crippen LogP contribution in [0.5, 0.6) is 5.75 Å². The molecule has 0 bridgehead atoms. The van der Waals surface area contributed by atoms with Crippen LogP contribution in [-0.2, 0) is 0 Å². The number of nitrogens with one attached hydrogen (secondary N) is 1. The van der Waals surface area contributed by atoms with Gasteiger partial charge in [-0.25, -0.2) is 5.43 Å². The lowest BCUT2D eigenvalue weighted by Gasteiger charge is -2.20. The summed E-state index contributed by atoms with van der Waals surface area (Å²) in [7, 11) is 1.60. The number of halogens is 2. The third-order valence-electron chi connectivity index (χ3n) is 2.86. The molecule has 0 spiro atoms. The van der Waals surface area contributed by atoms with Gasteiger partial charge in [-0.2, -0.15) is 0 Å². The fourth-order valence-corrected chi connectivity index (χ4v) is 2.34. The summed E-state index contributed by atoms with van der Waals surface area (Å²) in [5.41, 5.74) is 4.63. The molecule has 5 heteroatoms. The number of hydrogen-bond acceptors (Lipinski definition) is 3. The number of ether oxygens (including phenoxy) is 1. The van der Waals surface area contributed by atoms with Gasteiger partial charge in [0.15, 0.2) is 0 Å². The molecule has 0 aromatic heterocycles. The maximum Gasteiger partial charge on any atom is 0.125 e. The van der Waals surface area contributed by atoms with Gasteiger partial charge >= 0.3 is 0 Å². The first-order valence-electron chi connectivity index (χ1n) is 5.70. The number of rotatable bonds is 4. The highest BCUT2D eigenvalue weighted by atomic mass is 35.5. The Labute approximate surface area is 122 Å². The van der Waals surface area contributed by atoms with Crippen LogP contribution in [0.2, 0.25) is 10.0 Å². The number of methoxy groups -OCH3 is 1. The summed E-state index contributed by atoms with van der Waals surface area (Å²) in [6.45, 7) is 0. The molecule has 0 amide bonds. The first-order valence-corrected chi connectivity index (χ1v) is 6.46. The second-order valence-corrected chi connectivity index (χ2v) is 4.91. The van der Waals surface area contributed by atoms with E-state index in [0.29, 0.717) is 15.8 Å². The Balaban J connectivity index is 2.48. The summed E-state index contributed by atoms with van der Waals surface area (Å²) in [4.78, 5) is 0. The summed E-state index contributed by atoms with van der Waals surface area (Å²) in [5.74, 6) is 6.34. The lowest BCUT2D eigenvalue weighted by Crippen LogP contribution is -2.29. The van der Waals surface area contributed by atoms with Crippen LogP contribution in [0.15, 0.2) is 42.5 Å². The van der Waals surface area contributed by atoms with Crippen LogP contribution in [0.4, 0.5) is 0 Å². The van der Waals surface area contributed by atoms with Gasteiger partial charge < -0.3 is 4.74 Å². The van der Waals surface area contributed by atoms with E-state index in [1.165, 1.54) is 0 Å². The van der Waals surface area contributed by atoms with Crippen LogP contribution in [-0.4, -0.2) is 7.11 Å². The Morgan fingerprint density at radius 1 is 1.11 bits per heavy atom. The van der Waals surface area contributed by atoms with Gasteiger partial charge in [0.2, 0.25) is 0 Å². The molecule has 0 fully saturated rings. The third kappa shape index (κ3) is 3.19. The van der Waals surface area contributed by atoms with Crippen molar-refractivity contribution in [3.63, 3.8) is 0 Å². The van der Waals surface area contributed by atoms with Crippen LogP contribution < -0.4 is 16.0 Å². The van der Waals surface area contributed by atoms with Crippen molar-refractivity contribution in [1.29, 1.82) is 0 Å². The van der Waals surface area contributed by atoms with Crippen LogP contribution >= 0.6 is 23.2 Å². The van der Waals surface area contributed by atoms with Crippen molar-refractivity contribution in [2.75, 3.05) is 7.11 Å². The predicted molar refractivity (Wildman–Crippen MR) is 78.6 cm³/mol. The molecule has 0 aliphatic carbocycles. The van der Waals surface area contributed by atoms with Gasteiger partial charge in [0.25, 0.3) is 0 Å². The van der Waals surface area contributed by atoms with E-state index in [-0.39, 0.29) is 6.04 Å². The third-order valence-corrected chi connectivity index (χ3v) is 3.33. The summed E-state index contributed by atoms with van der Waals surface area (Å²) in [6.07, 6.45) is 0.